The molecular formula is C24H21F3N4O3S. The molecule has 4 rings (SSSR count). The summed E-state index contributed by atoms with van der Waals surface area (Å²) >= 11 is 1.31. The molecule has 182 valence electrons. The minimum atomic E-state index is -1.05. The lowest BCUT2D eigenvalue weighted by Gasteiger charge is -2.31. The van der Waals surface area contributed by atoms with Gasteiger partial charge in [0.1, 0.15) is 23.1 Å². The average Bonchev–Trinajstić information content (AvgIpc) is 3.34. The van der Waals surface area contributed by atoms with E-state index in [-0.39, 0.29) is 29.8 Å². The van der Waals surface area contributed by atoms with Crippen LogP contribution in [-0.4, -0.2) is 40.7 Å². The van der Waals surface area contributed by atoms with Crippen LogP contribution in [0.2, 0.25) is 0 Å². The highest BCUT2D eigenvalue weighted by Gasteiger charge is 2.26. The molecule has 3 amide bonds. The predicted octanol–water partition coefficient (Wildman–Crippen LogP) is 3.58. The Morgan fingerprint density at radius 2 is 1.60 bits per heavy atom. The molecule has 3 aromatic rings. The molecule has 0 bridgehead atoms. The van der Waals surface area contributed by atoms with Crippen LogP contribution in [0.25, 0.3) is 0 Å². The number of nitrogens with one attached hydrogen (secondary N) is 2. The van der Waals surface area contributed by atoms with Gasteiger partial charge in [0, 0.05) is 30.5 Å². The number of piperidine rings is 1. The van der Waals surface area contributed by atoms with Crippen molar-refractivity contribution in [3.05, 3.63) is 87.1 Å². The summed E-state index contributed by atoms with van der Waals surface area (Å²) in [5.41, 5.74) is 4.70. The zero-order valence-electron chi connectivity index (χ0n) is 18.4. The van der Waals surface area contributed by atoms with Crippen molar-refractivity contribution in [2.75, 3.05) is 13.1 Å². The third kappa shape index (κ3) is 6.04. The Morgan fingerprint density at radius 3 is 2.29 bits per heavy atom. The second-order valence-electron chi connectivity index (χ2n) is 8.06. The molecule has 2 heterocycles. The maximum absolute atomic E-state index is 13.7. The summed E-state index contributed by atoms with van der Waals surface area (Å²) in [5, 5.41) is 2.30. The smallest absolute Gasteiger partial charge is 0.289 e. The van der Waals surface area contributed by atoms with Crippen molar-refractivity contribution in [2.24, 2.45) is 0 Å². The minimum Gasteiger partial charge on any atom is -0.342 e. The standard InChI is InChI=1S/C24H21F3N4O3S/c25-16-3-1-14(2-4-16)11-21(32)31-9-7-15(8-10-31)24-28-20(13-35-24)23(34)30-29-22(33)18-6-5-17(26)12-19(18)27/h1-6,12-13,15H,7-11H2,(H,29,33)(H,30,34). The van der Waals surface area contributed by atoms with Gasteiger partial charge in [0.05, 0.1) is 17.0 Å². The summed E-state index contributed by atoms with van der Waals surface area (Å²) in [6, 6.07) is 8.35. The van der Waals surface area contributed by atoms with E-state index >= 15 is 0 Å². The first-order valence-corrected chi connectivity index (χ1v) is 11.7. The largest absolute Gasteiger partial charge is 0.342 e. The third-order valence-electron chi connectivity index (χ3n) is 5.69. The highest BCUT2D eigenvalue weighted by atomic mass is 32.1. The highest BCUT2D eigenvalue weighted by Crippen LogP contribution is 2.30. The molecule has 1 fully saturated rings. The molecule has 0 saturated carbocycles. The normalized spacial score (nSPS) is 14.0. The SMILES string of the molecule is O=C(NNC(=O)c1ccc(F)cc1F)c1csc(C2CCN(C(=O)Cc3ccc(F)cc3)CC2)n1. The van der Waals surface area contributed by atoms with E-state index in [0.29, 0.717) is 32.0 Å². The molecule has 1 aromatic heterocycles. The summed E-state index contributed by atoms with van der Waals surface area (Å²) in [5.74, 6) is -3.75. The molecule has 0 aliphatic carbocycles. The molecule has 35 heavy (non-hydrogen) atoms. The number of likely N-dealkylation sites (tertiary alicyclic amines) is 1. The van der Waals surface area contributed by atoms with Gasteiger partial charge in [-0.25, -0.2) is 18.2 Å². The number of thiazole rings is 1. The van der Waals surface area contributed by atoms with Crippen molar-refractivity contribution in [2.45, 2.75) is 25.2 Å². The van der Waals surface area contributed by atoms with Gasteiger partial charge in [0.2, 0.25) is 5.91 Å². The molecule has 0 radical (unpaired) electrons. The lowest BCUT2D eigenvalue weighted by Crippen LogP contribution is -2.42. The Hall–Kier alpha value is -3.73. The summed E-state index contributed by atoms with van der Waals surface area (Å²) in [7, 11) is 0. The maximum Gasteiger partial charge on any atom is 0.289 e. The van der Waals surface area contributed by atoms with Crippen molar-refractivity contribution in [1.29, 1.82) is 0 Å². The number of amides is 3. The molecule has 2 N–H and O–H groups in total. The van der Waals surface area contributed by atoms with Crippen molar-refractivity contribution in [3.63, 3.8) is 0 Å². The van der Waals surface area contributed by atoms with Gasteiger partial charge in [-0.1, -0.05) is 12.1 Å². The summed E-state index contributed by atoms with van der Waals surface area (Å²) in [6.45, 7) is 1.09. The van der Waals surface area contributed by atoms with E-state index in [2.05, 4.69) is 15.8 Å². The quantitative estimate of drug-likeness (QED) is 0.522. The Kier molecular flexibility index (Phi) is 7.45. The molecule has 0 spiro atoms. The Labute approximate surface area is 202 Å². The van der Waals surface area contributed by atoms with Crippen LogP contribution in [0.4, 0.5) is 13.2 Å². The van der Waals surface area contributed by atoms with Crippen LogP contribution in [-0.2, 0) is 11.2 Å². The first-order valence-electron chi connectivity index (χ1n) is 10.8. The summed E-state index contributed by atoms with van der Waals surface area (Å²) in [6.07, 6.45) is 1.58. The van der Waals surface area contributed by atoms with Gasteiger partial charge in [-0.05, 0) is 42.7 Å². The molecule has 0 unspecified atom stereocenters. The Morgan fingerprint density at radius 1 is 0.943 bits per heavy atom. The summed E-state index contributed by atoms with van der Waals surface area (Å²) in [4.78, 5) is 43.0. The van der Waals surface area contributed by atoms with Gasteiger partial charge < -0.3 is 4.90 Å². The molecule has 1 aliphatic rings. The lowest BCUT2D eigenvalue weighted by molar-refractivity contribution is -0.131. The minimum absolute atomic E-state index is 0.0254. The first-order chi connectivity index (χ1) is 16.8. The van der Waals surface area contributed by atoms with Crippen LogP contribution in [0.3, 0.4) is 0 Å². The van der Waals surface area contributed by atoms with Crippen molar-refractivity contribution in [1.82, 2.24) is 20.7 Å². The predicted molar refractivity (Wildman–Crippen MR) is 122 cm³/mol. The number of nitrogens with zero attached hydrogens (tertiary/aromatic N) is 2. The third-order valence-corrected chi connectivity index (χ3v) is 6.69. The van der Waals surface area contributed by atoms with Gasteiger partial charge in [0.25, 0.3) is 11.8 Å². The van der Waals surface area contributed by atoms with Crippen LogP contribution in [0.5, 0.6) is 0 Å². The van der Waals surface area contributed by atoms with E-state index < -0.39 is 29.0 Å². The fraction of sp³-hybridized carbons (Fsp3) is 0.250. The van der Waals surface area contributed by atoms with E-state index in [4.69, 9.17) is 0 Å². The Bertz CT molecular complexity index is 1240. The molecule has 0 atom stereocenters. The lowest BCUT2D eigenvalue weighted by atomic mass is 9.97. The number of benzene rings is 2. The summed E-state index contributed by atoms with van der Waals surface area (Å²) < 4.78 is 39.7. The van der Waals surface area contributed by atoms with Crippen LogP contribution in [0.15, 0.2) is 47.8 Å². The Balaban J connectivity index is 1.27. The van der Waals surface area contributed by atoms with Crippen molar-refractivity contribution >= 4 is 29.1 Å². The number of aromatic nitrogens is 1. The van der Waals surface area contributed by atoms with Crippen LogP contribution >= 0.6 is 11.3 Å². The number of hydrogen-bond acceptors (Lipinski definition) is 5. The van der Waals surface area contributed by atoms with Gasteiger partial charge in [-0.3, -0.25) is 25.2 Å². The topological polar surface area (TPSA) is 91.4 Å². The first kappa shape index (κ1) is 24.4. The van der Waals surface area contributed by atoms with Crippen LogP contribution in [0, 0.1) is 17.5 Å². The number of rotatable bonds is 5. The van der Waals surface area contributed by atoms with Crippen LogP contribution < -0.4 is 10.9 Å². The van der Waals surface area contributed by atoms with Crippen molar-refractivity contribution in [3.8, 4) is 0 Å². The zero-order valence-corrected chi connectivity index (χ0v) is 19.2. The number of halogens is 3. The highest BCUT2D eigenvalue weighted by molar-refractivity contribution is 7.09. The molecular weight excluding hydrogens is 481 g/mol. The van der Waals surface area contributed by atoms with Gasteiger partial charge >= 0.3 is 0 Å². The van der Waals surface area contributed by atoms with E-state index in [9.17, 15) is 27.6 Å². The van der Waals surface area contributed by atoms with E-state index in [1.807, 2.05) is 0 Å². The number of hydrogen-bond donors (Lipinski definition) is 2. The number of hydrazine groups is 1. The van der Waals surface area contributed by atoms with Gasteiger partial charge in [-0.15, -0.1) is 11.3 Å². The second-order valence-corrected chi connectivity index (χ2v) is 8.95. The van der Waals surface area contributed by atoms with Crippen LogP contribution in [0.1, 0.15) is 50.2 Å². The van der Waals surface area contributed by atoms with Gasteiger partial charge in [-0.2, -0.15) is 0 Å². The molecule has 2 aromatic carbocycles. The fourth-order valence-electron chi connectivity index (χ4n) is 3.76. The maximum atomic E-state index is 13.7. The molecule has 1 aliphatic heterocycles. The molecule has 1 saturated heterocycles. The monoisotopic (exact) mass is 502 g/mol. The van der Waals surface area contributed by atoms with E-state index in [0.717, 1.165) is 22.7 Å². The molecule has 7 nitrogen and oxygen atoms in total. The number of carbonyl (C=O) groups is 3. The van der Waals surface area contributed by atoms with E-state index in [1.54, 1.807) is 22.4 Å². The van der Waals surface area contributed by atoms with E-state index in [1.165, 1.54) is 23.5 Å². The fourth-order valence-corrected chi connectivity index (χ4v) is 4.73. The zero-order chi connectivity index (χ0) is 24.9. The van der Waals surface area contributed by atoms with Gasteiger partial charge in [0.15, 0.2) is 0 Å². The van der Waals surface area contributed by atoms with Crippen molar-refractivity contribution < 1.29 is 27.6 Å². The second kappa shape index (κ2) is 10.7. The number of carbonyl (C=O) groups excluding carboxylic acids is 3. The molecule has 11 heteroatoms. The average molecular weight is 503 g/mol.